The summed E-state index contributed by atoms with van der Waals surface area (Å²) in [5.41, 5.74) is -0.574. The van der Waals surface area contributed by atoms with Crippen LogP contribution in [0.3, 0.4) is 0 Å². The van der Waals surface area contributed by atoms with Crippen LogP contribution in [0.5, 0.6) is 0 Å². The minimum atomic E-state index is -3.83. The zero-order chi connectivity index (χ0) is 24.0. The van der Waals surface area contributed by atoms with Crippen molar-refractivity contribution in [3.63, 3.8) is 0 Å². The summed E-state index contributed by atoms with van der Waals surface area (Å²) >= 11 is 0. The number of aromatic nitrogens is 3. The van der Waals surface area contributed by atoms with Crippen LogP contribution in [0, 0.1) is 6.92 Å². The highest BCUT2D eigenvalue weighted by Crippen LogP contribution is 2.20. The molecule has 0 saturated heterocycles. The predicted octanol–water partition coefficient (Wildman–Crippen LogP) is 1.27. The first-order valence-corrected chi connectivity index (χ1v) is 11.2. The fourth-order valence-electron chi connectivity index (χ4n) is 3.21. The molecular formula is C21H25N5O5S. The Balaban J connectivity index is 2.00. The highest BCUT2D eigenvalue weighted by atomic mass is 32.2. The molecule has 10 nitrogen and oxygen atoms in total. The number of pyridine rings is 1. The maximum atomic E-state index is 12.9. The number of anilines is 1. The van der Waals surface area contributed by atoms with Gasteiger partial charge in [0.25, 0.3) is 11.5 Å². The normalized spacial score (nSPS) is 12.2. The van der Waals surface area contributed by atoms with E-state index in [1.807, 2.05) is 0 Å². The number of carbonyl (C=O) groups excluding carboxylic acids is 1. The van der Waals surface area contributed by atoms with Crippen molar-refractivity contribution in [2.75, 3.05) is 5.32 Å². The summed E-state index contributed by atoms with van der Waals surface area (Å²) < 4.78 is 30.0. The van der Waals surface area contributed by atoms with Crippen LogP contribution in [0.15, 0.2) is 44.9 Å². The van der Waals surface area contributed by atoms with Crippen LogP contribution in [0.1, 0.15) is 36.7 Å². The number of hydrogen-bond donors (Lipinski definition) is 2. The van der Waals surface area contributed by atoms with Gasteiger partial charge in [0, 0.05) is 25.2 Å². The number of amides is 1. The van der Waals surface area contributed by atoms with Crippen molar-refractivity contribution in [3.05, 3.63) is 62.4 Å². The quantitative estimate of drug-likeness (QED) is 0.604. The molecule has 0 aliphatic rings. The minimum absolute atomic E-state index is 0.0383. The Morgan fingerprint density at radius 1 is 1.06 bits per heavy atom. The van der Waals surface area contributed by atoms with Crippen LogP contribution in [-0.4, -0.2) is 34.0 Å². The van der Waals surface area contributed by atoms with Gasteiger partial charge in [0.05, 0.1) is 22.2 Å². The molecular weight excluding hydrogens is 434 g/mol. The van der Waals surface area contributed by atoms with Crippen molar-refractivity contribution in [1.29, 1.82) is 0 Å². The molecule has 0 bridgehead atoms. The van der Waals surface area contributed by atoms with Gasteiger partial charge in [-0.2, -0.15) is 0 Å². The van der Waals surface area contributed by atoms with E-state index in [1.165, 1.54) is 43.1 Å². The molecule has 0 fully saturated rings. The topological polar surface area (TPSA) is 132 Å². The molecule has 32 heavy (non-hydrogen) atoms. The Labute approximate surface area is 185 Å². The van der Waals surface area contributed by atoms with Gasteiger partial charge in [-0.1, -0.05) is 6.07 Å². The van der Waals surface area contributed by atoms with Crippen molar-refractivity contribution >= 4 is 32.7 Å². The average molecular weight is 460 g/mol. The van der Waals surface area contributed by atoms with Crippen LogP contribution in [-0.2, 0) is 24.1 Å². The third kappa shape index (κ3) is 4.48. The largest absolute Gasteiger partial charge is 0.332 e. The molecule has 2 heterocycles. The van der Waals surface area contributed by atoms with Gasteiger partial charge < -0.3 is 5.32 Å². The third-order valence-electron chi connectivity index (χ3n) is 4.76. The lowest BCUT2D eigenvalue weighted by Gasteiger charge is -2.20. The number of benzene rings is 1. The molecule has 0 aliphatic carbocycles. The van der Waals surface area contributed by atoms with Crippen LogP contribution in [0.25, 0.3) is 11.0 Å². The van der Waals surface area contributed by atoms with Crippen LogP contribution in [0.2, 0.25) is 0 Å². The summed E-state index contributed by atoms with van der Waals surface area (Å²) in [7, 11) is -0.977. The smallest absolute Gasteiger partial charge is 0.321 e. The van der Waals surface area contributed by atoms with E-state index in [1.54, 1.807) is 33.8 Å². The molecule has 0 saturated carbocycles. The van der Waals surface area contributed by atoms with Crippen molar-refractivity contribution < 1.29 is 13.2 Å². The summed E-state index contributed by atoms with van der Waals surface area (Å²) in [6, 6.07) is 5.72. The van der Waals surface area contributed by atoms with Gasteiger partial charge in [0.15, 0.2) is 0 Å². The van der Waals surface area contributed by atoms with E-state index in [4.69, 9.17) is 0 Å². The van der Waals surface area contributed by atoms with E-state index in [9.17, 15) is 22.8 Å². The van der Waals surface area contributed by atoms with Gasteiger partial charge in [-0.15, -0.1) is 0 Å². The maximum Gasteiger partial charge on any atom is 0.332 e. The fraction of sp³-hybridized carbons (Fsp3) is 0.333. The highest BCUT2D eigenvalue weighted by molar-refractivity contribution is 7.89. The summed E-state index contributed by atoms with van der Waals surface area (Å²) in [5, 5.41) is 2.81. The molecule has 2 N–H and O–H groups in total. The molecule has 3 rings (SSSR count). The lowest BCUT2D eigenvalue weighted by Crippen LogP contribution is -2.40. The Kier molecular flexibility index (Phi) is 5.83. The first-order chi connectivity index (χ1) is 14.7. The highest BCUT2D eigenvalue weighted by Gasteiger charge is 2.23. The van der Waals surface area contributed by atoms with E-state index >= 15 is 0 Å². The molecule has 1 aromatic carbocycles. The Morgan fingerprint density at radius 2 is 1.72 bits per heavy atom. The standard InChI is InChI=1S/C21H25N5O5S/c1-12-7-8-14(32(30,31)24-21(2,3)4)10-15(12)18(27)23-13-9-16-17(22-11-13)25(5)20(29)26(6)19(16)28/h7-11,24H,1-6H3,(H,23,27). The lowest BCUT2D eigenvalue weighted by molar-refractivity contribution is 0.102. The molecule has 0 spiro atoms. The van der Waals surface area contributed by atoms with Crippen LogP contribution < -0.4 is 21.3 Å². The number of nitrogens with one attached hydrogen (secondary N) is 2. The number of aryl methyl sites for hydroxylation is 2. The first kappa shape index (κ1) is 23.4. The molecule has 170 valence electrons. The zero-order valence-corrected chi connectivity index (χ0v) is 19.5. The Bertz CT molecular complexity index is 1460. The van der Waals surface area contributed by atoms with Gasteiger partial charge in [0.2, 0.25) is 10.0 Å². The second kappa shape index (κ2) is 7.99. The average Bonchev–Trinajstić information content (AvgIpc) is 2.69. The molecule has 0 atom stereocenters. The fourth-order valence-corrected chi connectivity index (χ4v) is 4.65. The van der Waals surface area contributed by atoms with Crippen molar-refractivity contribution in [2.24, 2.45) is 14.1 Å². The summed E-state index contributed by atoms with van der Waals surface area (Å²) in [6.45, 7) is 6.85. The molecule has 11 heteroatoms. The molecule has 2 aromatic heterocycles. The van der Waals surface area contributed by atoms with Crippen molar-refractivity contribution in [1.82, 2.24) is 18.8 Å². The number of hydrogen-bond acceptors (Lipinski definition) is 6. The van der Waals surface area contributed by atoms with Gasteiger partial charge in [-0.3, -0.25) is 18.7 Å². The van der Waals surface area contributed by atoms with Crippen LogP contribution in [0.4, 0.5) is 5.69 Å². The van der Waals surface area contributed by atoms with E-state index < -0.39 is 32.7 Å². The van der Waals surface area contributed by atoms with Gasteiger partial charge >= 0.3 is 5.69 Å². The number of fused-ring (bicyclic) bond motifs is 1. The Hall–Kier alpha value is -3.31. The maximum absolute atomic E-state index is 12.9. The van der Waals surface area contributed by atoms with E-state index in [2.05, 4.69) is 15.0 Å². The molecule has 0 unspecified atom stereocenters. The van der Waals surface area contributed by atoms with Crippen LogP contribution >= 0.6 is 0 Å². The lowest BCUT2D eigenvalue weighted by atomic mass is 10.1. The summed E-state index contributed by atoms with van der Waals surface area (Å²) in [6.07, 6.45) is 1.33. The van der Waals surface area contributed by atoms with E-state index in [0.29, 0.717) is 5.56 Å². The first-order valence-electron chi connectivity index (χ1n) is 9.73. The van der Waals surface area contributed by atoms with Gasteiger partial charge in [-0.25, -0.2) is 22.9 Å². The third-order valence-corrected chi connectivity index (χ3v) is 6.51. The number of nitrogens with zero attached hydrogens (tertiary/aromatic N) is 3. The second-order valence-corrected chi connectivity index (χ2v) is 10.3. The molecule has 1 amide bonds. The van der Waals surface area contributed by atoms with Crippen molar-refractivity contribution in [2.45, 2.75) is 38.1 Å². The summed E-state index contributed by atoms with van der Waals surface area (Å²) in [4.78, 5) is 41.5. The molecule has 0 radical (unpaired) electrons. The minimum Gasteiger partial charge on any atom is -0.321 e. The monoisotopic (exact) mass is 459 g/mol. The molecule has 3 aromatic rings. The van der Waals surface area contributed by atoms with E-state index in [-0.39, 0.29) is 27.2 Å². The predicted molar refractivity (Wildman–Crippen MR) is 121 cm³/mol. The van der Waals surface area contributed by atoms with E-state index in [0.717, 1.165) is 4.57 Å². The van der Waals surface area contributed by atoms with Gasteiger partial charge in [0.1, 0.15) is 5.65 Å². The Morgan fingerprint density at radius 3 is 2.34 bits per heavy atom. The zero-order valence-electron chi connectivity index (χ0n) is 18.7. The van der Waals surface area contributed by atoms with Gasteiger partial charge in [-0.05, 0) is 51.5 Å². The molecule has 0 aliphatic heterocycles. The second-order valence-electron chi connectivity index (χ2n) is 8.59. The number of rotatable bonds is 4. The summed E-state index contributed by atoms with van der Waals surface area (Å²) in [5.74, 6) is -0.557. The van der Waals surface area contributed by atoms with Crippen molar-refractivity contribution in [3.8, 4) is 0 Å². The number of carbonyl (C=O) groups is 1. The SMILES string of the molecule is Cc1ccc(S(=O)(=O)NC(C)(C)C)cc1C(=O)Nc1cnc2c(c1)c(=O)n(C)c(=O)n2C. The number of sulfonamides is 1.